The third kappa shape index (κ3) is 3.76. The van der Waals surface area contributed by atoms with Gasteiger partial charge in [-0.1, -0.05) is 35.9 Å². The molecule has 0 radical (unpaired) electrons. The minimum absolute atomic E-state index is 0.00588. The molecule has 1 aliphatic carbocycles. The van der Waals surface area contributed by atoms with Crippen molar-refractivity contribution in [1.82, 2.24) is 0 Å². The number of ether oxygens (including phenoxy) is 2. The number of carbonyl (C=O) groups is 1. The number of hydrogen-bond donors (Lipinski definition) is 2. The molecule has 0 fully saturated rings. The molecule has 2 aliphatic heterocycles. The highest BCUT2D eigenvalue weighted by atomic mass is 35.5. The van der Waals surface area contributed by atoms with E-state index in [-0.39, 0.29) is 30.6 Å². The number of nitrogens with zero attached hydrogens (tertiary/aromatic N) is 1. The van der Waals surface area contributed by atoms with E-state index in [1.54, 1.807) is 6.07 Å². The van der Waals surface area contributed by atoms with E-state index in [2.05, 4.69) is 10.6 Å². The lowest BCUT2D eigenvalue weighted by Gasteiger charge is -2.29. The number of nitro benzene ring substituents is 1. The van der Waals surface area contributed by atoms with Gasteiger partial charge < -0.3 is 20.1 Å². The molecule has 3 aliphatic rings. The van der Waals surface area contributed by atoms with Crippen LogP contribution in [0.1, 0.15) is 35.9 Å². The Morgan fingerprint density at radius 2 is 1.69 bits per heavy atom. The summed E-state index contributed by atoms with van der Waals surface area (Å²) < 4.78 is 10.9. The molecule has 8 nitrogen and oxygen atoms in total. The van der Waals surface area contributed by atoms with Crippen molar-refractivity contribution in [3.05, 3.63) is 98.2 Å². The summed E-state index contributed by atoms with van der Waals surface area (Å²) in [6, 6.07) is 17.3. The summed E-state index contributed by atoms with van der Waals surface area (Å²) in [5.41, 5.74) is 4.02. The van der Waals surface area contributed by atoms with Crippen molar-refractivity contribution in [1.29, 1.82) is 0 Å². The highest BCUT2D eigenvalue weighted by Crippen LogP contribution is 2.48. The van der Waals surface area contributed by atoms with Crippen LogP contribution in [0, 0.1) is 10.1 Å². The summed E-state index contributed by atoms with van der Waals surface area (Å²) in [4.78, 5) is 25.3. The normalized spacial score (nSPS) is 20.3. The van der Waals surface area contributed by atoms with E-state index in [0.717, 1.165) is 22.6 Å². The zero-order chi connectivity index (χ0) is 24.1. The predicted octanol–water partition coefficient (Wildman–Crippen LogP) is 5.96. The van der Waals surface area contributed by atoms with Gasteiger partial charge >= 0.3 is 0 Å². The van der Waals surface area contributed by atoms with E-state index in [9.17, 15) is 14.9 Å². The molecule has 3 aromatic rings. The van der Waals surface area contributed by atoms with Crippen LogP contribution >= 0.6 is 11.6 Å². The van der Waals surface area contributed by atoms with Crippen molar-refractivity contribution in [2.75, 3.05) is 17.4 Å². The van der Waals surface area contributed by atoms with Crippen molar-refractivity contribution in [3.8, 4) is 11.5 Å². The maximum absolute atomic E-state index is 13.7. The van der Waals surface area contributed by atoms with Crippen LogP contribution in [0.3, 0.4) is 0 Å². The quantitative estimate of drug-likeness (QED) is 0.346. The third-order valence-corrected chi connectivity index (χ3v) is 6.93. The van der Waals surface area contributed by atoms with Crippen LogP contribution in [0.2, 0.25) is 5.02 Å². The number of hydrogen-bond acceptors (Lipinski definition) is 7. The topological polar surface area (TPSA) is 103 Å². The number of benzene rings is 3. The van der Waals surface area contributed by atoms with Gasteiger partial charge in [0.25, 0.3) is 5.69 Å². The summed E-state index contributed by atoms with van der Waals surface area (Å²) in [6.45, 7) is -0.00588. The molecule has 2 heterocycles. The summed E-state index contributed by atoms with van der Waals surface area (Å²) >= 11 is 6.06. The Kier molecular flexibility index (Phi) is 5.11. The van der Waals surface area contributed by atoms with Crippen LogP contribution in [0.15, 0.2) is 71.9 Å². The van der Waals surface area contributed by atoms with Gasteiger partial charge in [0.05, 0.1) is 34.0 Å². The van der Waals surface area contributed by atoms with Gasteiger partial charge in [0.1, 0.15) is 0 Å². The lowest BCUT2D eigenvalue weighted by molar-refractivity contribution is -0.385. The van der Waals surface area contributed by atoms with Crippen LogP contribution in [-0.4, -0.2) is 17.5 Å². The molecule has 2 atom stereocenters. The van der Waals surface area contributed by atoms with Crippen molar-refractivity contribution < 1.29 is 19.2 Å². The maximum Gasteiger partial charge on any atom is 0.279 e. The van der Waals surface area contributed by atoms with Crippen molar-refractivity contribution in [3.63, 3.8) is 0 Å². The average Bonchev–Trinajstić information content (AvgIpc) is 3.24. The van der Waals surface area contributed by atoms with Gasteiger partial charge in [-0.15, -0.1) is 0 Å². The molecule has 0 spiro atoms. The maximum atomic E-state index is 13.7. The number of carbonyl (C=O) groups excluding carboxylic acids is 1. The Morgan fingerprint density at radius 1 is 0.971 bits per heavy atom. The first-order chi connectivity index (χ1) is 17.0. The van der Waals surface area contributed by atoms with Crippen molar-refractivity contribution >= 4 is 34.4 Å². The second-order valence-electron chi connectivity index (χ2n) is 8.74. The largest absolute Gasteiger partial charge is 0.454 e. The molecule has 3 aromatic carbocycles. The first-order valence-electron chi connectivity index (χ1n) is 11.2. The number of rotatable bonds is 3. The SMILES string of the molecule is O=C1CC(c2ccc(Cl)cc2)CC2=C1C(c1cc3c(cc1[N+](=O)[O-])OCO3)Nc1ccccc1N2. The van der Waals surface area contributed by atoms with Gasteiger partial charge in [0.15, 0.2) is 17.3 Å². The standard InChI is InChI=1S/C26H20ClN3O5/c27-16-7-5-14(6-8-16)15-9-20-25(22(31)10-15)26(29-19-4-2-1-3-18(19)28-20)17-11-23-24(35-13-34-23)12-21(17)30(32)33/h1-8,11-12,15,26,28-29H,9-10,13H2. The number of halogens is 1. The molecule has 2 unspecified atom stereocenters. The average molecular weight is 490 g/mol. The highest BCUT2D eigenvalue weighted by Gasteiger charge is 2.39. The lowest BCUT2D eigenvalue weighted by atomic mass is 9.78. The van der Waals surface area contributed by atoms with Crippen LogP contribution in [0.5, 0.6) is 11.5 Å². The molecule has 2 N–H and O–H groups in total. The fraction of sp³-hybridized carbons (Fsp3) is 0.192. The Labute approximate surface area is 205 Å². The van der Waals surface area contributed by atoms with Crippen LogP contribution in [0.25, 0.3) is 0 Å². The lowest BCUT2D eigenvalue weighted by Crippen LogP contribution is -2.27. The molecular formula is C26H20ClN3O5. The zero-order valence-corrected chi connectivity index (χ0v) is 19.2. The van der Waals surface area contributed by atoms with Crippen molar-refractivity contribution in [2.45, 2.75) is 24.8 Å². The number of anilines is 2. The Morgan fingerprint density at radius 3 is 2.43 bits per heavy atom. The molecule has 0 saturated heterocycles. The van der Waals surface area contributed by atoms with Gasteiger partial charge in [0.2, 0.25) is 6.79 Å². The predicted molar refractivity (Wildman–Crippen MR) is 131 cm³/mol. The van der Waals surface area contributed by atoms with E-state index in [1.807, 2.05) is 48.5 Å². The first-order valence-corrected chi connectivity index (χ1v) is 11.6. The molecule has 176 valence electrons. The van der Waals surface area contributed by atoms with Crippen LogP contribution in [-0.2, 0) is 4.79 Å². The number of nitro groups is 1. The van der Waals surface area contributed by atoms with Gasteiger partial charge in [0, 0.05) is 22.7 Å². The Bertz CT molecular complexity index is 1400. The monoisotopic (exact) mass is 489 g/mol. The van der Waals surface area contributed by atoms with Gasteiger partial charge in [-0.3, -0.25) is 14.9 Å². The van der Waals surface area contributed by atoms with E-state index in [1.165, 1.54) is 6.07 Å². The fourth-order valence-electron chi connectivity index (χ4n) is 5.03. The van der Waals surface area contributed by atoms with E-state index in [4.69, 9.17) is 21.1 Å². The number of Topliss-reactive ketones (excluding diaryl/α,β-unsaturated/α-hetero) is 1. The number of fused-ring (bicyclic) bond motifs is 2. The van der Waals surface area contributed by atoms with Crippen LogP contribution in [0.4, 0.5) is 17.1 Å². The summed E-state index contributed by atoms with van der Waals surface area (Å²) in [7, 11) is 0. The Balaban J connectivity index is 1.51. The second-order valence-corrected chi connectivity index (χ2v) is 9.18. The molecule has 0 aromatic heterocycles. The van der Waals surface area contributed by atoms with E-state index >= 15 is 0 Å². The molecular weight excluding hydrogens is 470 g/mol. The number of nitrogens with one attached hydrogen (secondary N) is 2. The van der Waals surface area contributed by atoms with E-state index < -0.39 is 11.0 Å². The minimum atomic E-state index is -0.741. The Hall–Kier alpha value is -4.04. The summed E-state index contributed by atoms with van der Waals surface area (Å²) in [5.74, 6) is 0.626. The molecule has 0 saturated carbocycles. The smallest absolute Gasteiger partial charge is 0.279 e. The molecule has 6 rings (SSSR count). The van der Waals surface area contributed by atoms with Gasteiger partial charge in [-0.05, 0) is 48.2 Å². The van der Waals surface area contributed by atoms with Gasteiger partial charge in [-0.2, -0.15) is 0 Å². The fourth-order valence-corrected chi connectivity index (χ4v) is 5.16. The van der Waals surface area contributed by atoms with Crippen molar-refractivity contribution in [2.24, 2.45) is 0 Å². The third-order valence-electron chi connectivity index (χ3n) is 6.68. The summed E-state index contributed by atoms with van der Waals surface area (Å²) in [5, 5.41) is 19.5. The van der Waals surface area contributed by atoms with Crippen LogP contribution < -0.4 is 20.1 Å². The minimum Gasteiger partial charge on any atom is -0.454 e. The zero-order valence-electron chi connectivity index (χ0n) is 18.4. The number of ketones is 1. The molecule has 0 bridgehead atoms. The molecule has 9 heteroatoms. The highest BCUT2D eigenvalue weighted by molar-refractivity contribution is 6.30. The number of para-hydroxylation sites is 2. The number of allylic oxidation sites excluding steroid dienone is 1. The molecule has 35 heavy (non-hydrogen) atoms. The second kappa shape index (κ2) is 8.32. The van der Waals surface area contributed by atoms with Gasteiger partial charge in [-0.25, -0.2) is 0 Å². The first kappa shape index (κ1) is 21.5. The van der Waals surface area contributed by atoms with E-state index in [0.29, 0.717) is 34.1 Å². The summed E-state index contributed by atoms with van der Waals surface area (Å²) in [6.07, 6.45) is 0.864. The molecule has 0 amide bonds.